The van der Waals surface area contributed by atoms with E-state index in [0.717, 1.165) is 29.0 Å². The summed E-state index contributed by atoms with van der Waals surface area (Å²) >= 11 is 0. The molecule has 0 heterocycles. The van der Waals surface area contributed by atoms with Gasteiger partial charge in [-0.1, -0.05) is 25.1 Å². The summed E-state index contributed by atoms with van der Waals surface area (Å²) in [6.07, 6.45) is 0. The first kappa shape index (κ1) is 14.5. The van der Waals surface area contributed by atoms with Crippen molar-refractivity contribution in [3.63, 3.8) is 0 Å². The van der Waals surface area contributed by atoms with Gasteiger partial charge in [0.15, 0.2) is 0 Å². The molecule has 0 unspecified atom stereocenters. The predicted molar refractivity (Wildman–Crippen MR) is 80.5 cm³/mol. The summed E-state index contributed by atoms with van der Waals surface area (Å²) < 4.78 is 19.4. The number of aryl methyl sites for hydroxylation is 1. The van der Waals surface area contributed by atoms with Gasteiger partial charge in [0.05, 0.1) is 7.11 Å². The van der Waals surface area contributed by atoms with E-state index in [2.05, 4.69) is 5.32 Å². The molecule has 3 heteroatoms. The van der Waals surface area contributed by atoms with Gasteiger partial charge < -0.3 is 10.1 Å². The van der Waals surface area contributed by atoms with E-state index in [1.54, 1.807) is 13.2 Å². The summed E-state index contributed by atoms with van der Waals surface area (Å²) in [7, 11) is 1.63. The number of hydrogen-bond acceptors (Lipinski definition) is 2. The van der Waals surface area contributed by atoms with E-state index >= 15 is 0 Å². The van der Waals surface area contributed by atoms with Gasteiger partial charge in [0.2, 0.25) is 0 Å². The smallest absolute Gasteiger partial charge is 0.131 e. The van der Waals surface area contributed by atoms with Crippen LogP contribution in [-0.4, -0.2) is 13.7 Å². The van der Waals surface area contributed by atoms with Crippen LogP contribution >= 0.6 is 0 Å². The molecule has 1 N–H and O–H groups in total. The second-order valence-electron chi connectivity index (χ2n) is 4.78. The topological polar surface area (TPSA) is 21.3 Å². The highest BCUT2D eigenvalue weighted by Gasteiger charge is 2.09. The maximum absolute atomic E-state index is 14.3. The molecule has 0 fully saturated rings. The number of halogens is 1. The number of rotatable bonds is 5. The molecule has 0 aliphatic heterocycles. The molecule has 0 aliphatic carbocycles. The van der Waals surface area contributed by atoms with Crippen LogP contribution in [0, 0.1) is 12.7 Å². The summed E-state index contributed by atoms with van der Waals surface area (Å²) in [5.41, 5.74) is 3.49. The minimum absolute atomic E-state index is 0.186. The van der Waals surface area contributed by atoms with Crippen LogP contribution in [0.3, 0.4) is 0 Å². The highest BCUT2D eigenvalue weighted by atomic mass is 19.1. The van der Waals surface area contributed by atoms with Crippen molar-refractivity contribution in [3.8, 4) is 16.9 Å². The van der Waals surface area contributed by atoms with Gasteiger partial charge >= 0.3 is 0 Å². The van der Waals surface area contributed by atoms with E-state index in [1.165, 1.54) is 0 Å². The van der Waals surface area contributed by atoms with Crippen molar-refractivity contribution < 1.29 is 9.13 Å². The molecule has 2 aromatic carbocycles. The number of methoxy groups -OCH3 is 1. The molecule has 0 aromatic heterocycles. The summed E-state index contributed by atoms with van der Waals surface area (Å²) in [6.45, 7) is 5.56. The SMILES string of the molecule is CCNCc1ccc(-c2ccc(OC)cc2C)c(F)c1. The Bertz CT molecular complexity index is 596. The summed E-state index contributed by atoms with van der Waals surface area (Å²) in [5.74, 6) is 0.601. The van der Waals surface area contributed by atoms with Crippen LogP contribution < -0.4 is 10.1 Å². The van der Waals surface area contributed by atoms with Gasteiger partial charge in [-0.25, -0.2) is 4.39 Å². The molecule has 0 saturated carbocycles. The molecule has 106 valence electrons. The average molecular weight is 273 g/mol. The molecule has 0 bridgehead atoms. The summed E-state index contributed by atoms with van der Waals surface area (Å²) in [5, 5.41) is 3.19. The fourth-order valence-electron chi connectivity index (χ4n) is 2.22. The molecule has 2 nitrogen and oxygen atoms in total. The zero-order valence-corrected chi connectivity index (χ0v) is 12.2. The van der Waals surface area contributed by atoms with Crippen molar-refractivity contribution >= 4 is 0 Å². The summed E-state index contributed by atoms with van der Waals surface area (Å²) in [4.78, 5) is 0. The van der Waals surface area contributed by atoms with Crippen LogP contribution in [0.15, 0.2) is 36.4 Å². The molecule has 0 aliphatic rings. The van der Waals surface area contributed by atoms with E-state index in [1.807, 2.05) is 44.2 Å². The average Bonchev–Trinajstić information content (AvgIpc) is 2.45. The highest BCUT2D eigenvalue weighted by Crippen LogP contribution is 2.29. The van der Waals surface area contributed by atoms with Crippen molar-refractivity contribution in [2.24, 2.45) is 0 Å². The zero-order valence-electron chi connectivity index (χ0n) is 12.2. The molecular weight excluding hydrogens is 253 g/mol. The first-order chi connectivity index (χ1) is 9.65. The molecule has 0 amide bonds. The van der Waals surface area contributed by atoms with Gasteiger partial charge in [-0.2, -0.15) is 0 Å². The largest absolute Gasteiger partial charge is 0.497 e. The van der Waals surface area contributed by atoms with Crippen LogP contribution in [-0.2, 0) is 6.54 Å². The van der Waals surface area contributed by atoms with Crippen LogP contribution in [0.5, 0.6) is 5.75 Å². The maximum Gasteiger partial charge on any atom is 0.131 e. The Hall–Kier alpha value is -1.87. The first-order valence-electron chi connectivity index (χ1n) is 6.80. The van der Waals surface area contributed by atoms with Crippen molar-refractivity contribution in [1.29, 1.82) is 0 Å². The number of nitrogens with one attached hydrogen (secondary N) is 1. The lowest BCUT2D eigenvalue weighted by atomic mass is 9.98. The molecular formula is C17H20FNO. The van der Waals surface area contributed by atoms with Crippen LogP contribution in [0.1, 0.15) is 18.1 Å². The van der Waals surface area contributed by atoms with Gasteiger partial charge in [-0.15, -0.1) is 0 Å². The Morgan fingerprint density at radius 3 is 2.45 bits per heavy atom. The lowest BCUT2D eigenvalue weighted by Gasteiger charge is -2.11. The van der Waals surface area contributed by atoms with Gasteiger partial charge in [0.1, 0.15) is 11.6 Å². The molecule has 0 spiro atoms. The third-order valence-corrected chi connectivity index (χ3v) is 3.34. The van der Waals surface area contributed by atoms with Crippen LogP contribution in [0.2, 0.25) is 0 Å². The molecule has 2 aromatic rings. The minimum atomic E-state index is -0.186. The Kier molecular flexibility index (Phi) is 4.74. The Labute approximate surface area is 119 Å². The van der Waals surface area contributed by atoms with Gasteiger partial charge in [-0.3, -0.25) is 0 Å². The van der Waals surface area contributed by atoms with Gasteiger partial charge in [0, 0.05) is 12.1 Å². The second kappa shape index (κ2) is 6.53. The molecule has 0 radical (unpaired) electrons. The zero-order chi connectivity index (χ0) is 14.5. The molecule has 0 atom stereocenters. The Balaban J connectivity index is 2.33. The van der Waals surface area contributed by atoms with Crippen molar-refractivity contribution in [2.75, 3.05) is 13.7 Å². The number of hydrogen-bond donors (Lipinski definition) is 1. The molecule has 20 heavy (non-hydrogen) atoms. The third kappa shape index (κ3) is 3.17. The summed E-state index contributed by atoms with van der Waals surface area (Å²) in [6, 6.07) is 11.1. The number of benzene rings is 2. The number of ether oxygens (including phenoxy) is 1. The second-order valence-corrected chi connectivity index (χ2v) is 4.78. The standard InChI is InChI=1S/C17H20FNO/c1-4-19-11-13-5-7-16(17(18)10-13)15-8-6-14(20-3)9-12(15)2/h5-10,19H,4,11H2,1-3H3. The van der Waals surface area contributed by atoms with E-state index in [-0.39, 0.29) is 5.82 Å². The van der Waals surface area contributed by atoms with E-state index in [9.17, 15) is 4.39 Å². The lowest BCUT2D eigenvalue weighted by molar-refractivity contribution is 0.414. The predicted octanol–water partition coefficient (Wildman–Crippen LogP) is 3.92. The van der Waals surface area contributed by atoms with Crippen LogP contribution in [0.4, 0.5) is 4.39 Å². The van der Waals surface area contributed by atoms with Crippen molar-refractivity contribution in [3.05, 3.63) is 53.3 Å². The fraction of sp³-hybridized carbons (Fsp3) is 0.294. The van der Waals surface area contributed by atoms with E-state index in [4.69, 9.17) is 4.74 Å². The highest BCUT2D eigenvalue weighted by molar-refractivity contribution is 5.69. The Morgan fingerprint density at radius 1 is 1.10 bits per heavy atom. The quantitative estimate of drug-likeness (QED) is 0.891. The van der Waals surface area contributed by atoms with E-state index in [0.29, 0.717) is 12.1 Å². The first-order valence-corrected chi connectivity index (χ1v) is 6.80. The molecule has 0 saturated heterocycles. The van der Waals surface area contributed by atoms with Crippen molar-refractivity contribution in [2.45, 2.75) is 20.4 Å². The third-order valence-electron chi connectivity index (χ3n) is 3.34. The van der Waals surface area contributed by atoms with Crippen molar-refractivity contribution in [1.82, 2.24) is 5.32 Å². The minimum Gasteiger partial charge on any atom is -0.497 e. The normalized spacial score (nSPS) is 10.6. The monoisotopic (exact) mass is 273 g/mol. The lowest BCUT2D eigenvalue weighted by Crippen LogP contribution is -2.11. The van der Waals surface area contributed by atoms with Gasteiger partial charge in [-0.05, 0) is 48.4 Å². The van der Waals surface area contributed by atoms with Crippen LogP contribution in [0.25, 0.3) is 11.1 Å². The fourth-order valence-corrected chi connectivity index (χ4v) is 2.22. The maximum atomic E-state index is 14.3. The van der Waals surface area contributed by atoms with E-state index < -0.39 is 0 Å². The van der Waals surface area contributed by atoms with Gasteiger partial charge in [0.25, 0.3) is 0 Å². The molecule has 2 rings (SSSR count). The Morgan fingerprint density at radius 2 is 1.85 bits per heavy atom.